The maximum atomic E-state index is 5.97. The summed E-state index contributed by atoms with van der Waals surface area (Å²) in [6.07, 6.45) is 8.23. The minimum Gasteiger partial charge on any atom is -0.330 e. The van der Waals surface area contributed by atoms with E-state index in [4.69, 9.17) is 5.73 Å². The van der Waals surface area contributed by atoms with E-state index in [0.29, 0.717) is 5.41 Å². The van der Waals surface area contributed by atoms with Gasteiger partial charge in [-0.2, -0.15) is 11.3 Å². The zero-order valence-electron chi connectivity index (χ0n) is 11.1. The molecular weight excluding hydrogens is 240 g/mol. The maximum Gasteiger partial charge on any atom is 0.0244 e. The summed E-state index contributed by atoms with van der Waals surface area (Å²) in [4.78, 5) is 2.69. The van der Waals surface area contributed by atoms with Crippen LogP contribution in [0.3, 0.4) is 0 Å². The minimum atomic E-state index is 0.502. The summed E-state index contributed by atoms with van der Waals surface area (Å²) in [5.74, 6) is 0. The lowest BCUT2D eigenvalue weighted by molar-refractivity contribution is 0.101. The summed E-state index contributed by atoms with van der Waals surface area (Å²) < 4.78 is 0. The SMILES string of the molecule is NCC1(CCN(Cc2ccsc2)C2CC2)CCC1. The Kier molecular flexibility index (Phi) is 3.73. The van der Waals surface area contributed by atoms with Crippen molar-refractivity contribution in [3.05, 3.63) is 22.4 Å². The Hall–Kier alpha value is -0.380. The van der Waals surface area contributed by atoms with E-state index in [9.17, 15) is 0 Å². The monoisotopic (exact) mass is 264 g/mol. The highest BCUT2D eigenvalue weighted by atomic mass is 32.1. The number of hydrogen-bond donors (Lipinski definition) is 1. The Labute approximate surface area is 114 Å². The molecule has 0 saturated heterocycles. The van der Waals surface area contributed by atoms with Crippen LogP contribution in [0.2, 0.25) is 0 Å². The summed E-state index contributed by atoms with van der Waals surface area (Å²) >= 11 is 1.81. The molecule has 1 aromatic rings. The molecule has 2 aliphatic rings. The van der Waals surface area contributed by atoms with Gasteiger partial charge in [-0.15, -0.1) is 0 Å². The molecule has 0 unspecified atom stereocenters. The lowest BCUT2D eigenvalue weighted by Gasteiger charge is -2.42. The van der Waals surface area contributed by atoms with E-state index in [1.807, 2.05) is 11.3 Å². The third-order valence-corrected chi connectivity index (χ3v) is 5.54. The van der Waals surface area contributed by atoms with Crippen LogP contribution in [0.25, 0.3) is 0 Å². The lowest BCUT2D eigenvalue weighted by Crippen LogP contribution is -2.40. The van der Waals surface area contributed by atoms with Crippen molar-refractivity contribution in [2.45, 2.75) is 51.1 Å². The van der Waals surface area contributed by atoms with Crippen LogP contribution in [-0.4, -0.2) is 24.0 Å². The molecular formula is C15H24N2S. The molecule has 0 amide bonds. The molecule has 2 fully saturated rings. The largest absolute Gasteiger partial charge is 0.330 e. The Morgan fingerprint density at radius 1 is 1.39 bits per heavy atom. The van der Waals surface area contributed by atoms with Gasteiger partial charge in [0.15, 0.2) is 0 Å². The van der Waals surface area contributed by atoms with Gasteiger partial charge in [0.25, 0.3) is 0 Å². The van der Waals surface area contributed by atoms with E-state index in [0.717, 1.165) is 19.1 Å². The summed E-state index contributed by atoms with van der Waals surface area (Å²) in [5.41, 5.74) is 7.96. The fraction of sp³-hybridized carbons (Fsp3) is 0.733. The smallest absolute Gasteiger partial charge is 0.0244 e. The molecule has 1 heterocycles. The van der Waals surface area contributed by atoms with Gasteiger partial charge in [0.1, 0.15) is 0 Å². The zero-order valence-corrected chi connectivity index (χ0v) is 11.9. The number of thiophene rings is 1. The first-order valence-corrected chi connectivity index (χ1v) is 8.21. The second kappa shape index (κ2) is 5.32. The highest BCUT2D eigenvalue weighted by Crippen LogP contribution is 2.43. The molecule has 1 aromatic heterocycles. The molecule has 0 bridgehead atoms. The molecule has 100 valence electrons. The van der Waals surface area contributed by atoms with Gasteiger partial charge in [-0.3, -0.25) is 4.90 Å². The van der Waals surface area contributed by atoms with Crippen LogP contribution in [-0.2, 0) is 6.54 Å². The van der Waals surface area contributed by atoms with E-state index >= 15 is 0 Å². The van der Waals surface area contributed by atoms with E-state index in [1.54, 1.807) is 0 Å². The molecule has 2 aliphatic carbocycles. The number of rotatable bonds is 7. The first kappa shape index (κ1) is 12.6. The fourth-order valence-electron chi connectivity index (χ4n) is 3.06. The Morgan fingerprint density at radius 3 is 2.72 bits per heavy atom. The number of hydrogen-bond acceptors (Lipinski definition) is 3. The van der Waals surface area contributed by atoms with E-state index < -0.39 is 0 Å². The van der Waals surface area contributed by atoms with E-state index in [-0.39, 0.29) is 0 Å². The van der Waals surface area contributed by atoms with E-state index in [2.05, 4.69) is 21.7 Å². The Balaban J connectivity index is 1.54. The maximum absolute atomic E-state index is 5.97. The third-order valence-electron chi connectivity index (χ3n) is 4.81. The minimum absolute atomic E-state index is 0.502. The molecule has 2 saturated carbocycles. The van der Waals surface area contributed by atoms with Gasteiger partial charge in [0.05, 0.1) is 0 Å². The highest BCUT2D eigenvalue weighted by molar-refractivity contribution is 7.07. The van der Waals surface area contributed by atoms with Crippen molar-refractivity contribution in [3.8, 4) is 0 Å². The van der Waals surface area contributed by atoms with Crippen LogP contribution in [0, 0.1) is 5.41 Å². The zero-order chi connectivity index (χ0) is 12.4. The van der Waals surface area contributed by atoms with Crippen LogP contribution in [0.5, 0.6) is 0 Å². The second-order valence-corrected chi connectivity index (χ2v) is 6.92. The second-order valence-electron chi connectivity index (χ2n) is 6.14. The molecule has 0 atom stereocenters. The molecule has 0 aromatic carbocycles. The molecule has 3 heteroatoms. The average Bonchev–Trinajstić information content (AvgIpc) is 3.05. The normalized spacial score (nSPS) is 22.1. The van der Waals surface area contributed by atoms with Gasteiger partial charge in [-0.25, -0.2) is 0 Å². The van der Waals surface area contributed by atoms with Crippen LogP contribution in [0.1, 0.15) is 44.1 Å². The van der Waals surface area contributed by atoms with Gasteiger partial charge in [-0.1, -0.05) is 6.42 Å². The highest BCUT2D eigenvalue weighted by Gasteiger charge is 2.37. The first-order valence-electron chi connectivity index (χ1n) is 7.27. The fourth-order valence-corrected chi connectivity index (χ4v) is 3.72. The van der Waals surface area contributed by atoms with Crippen molar-refractivity contribution in [1.82, 2.24) is 4.90 Å². The van der Waals surface area contributed by atoms with Gasteiger partial charge in [-0.05, 0) is 73.0 Å². The molecule has 18 heavy (non-hydrogen) atoms. The summed E-state index contributed by atoms with van der Waals surface area (Å²) in [7, 11) is 0. The number of nitrogens with zero attached hydrogens (tertiary/aromatic N) is 1. The molecule has 0 aliphatic heterocycles. The predicted molar refractivity (Wildman–Crippen MR) is 77.7 cm³/mol. The van der Waals surface area contributed by atoms with Crippen LogP contribution < -0.4 is 5.73 Å². The molecule has 2 N–H and O–H groups in total. The molecule has 3 rings (SSSR count). The summed E-state index contributed by atoms with van der Waals surface area (Å²) in [6, 6.07) is 3.13. The number of nitrogens with two attached hydrogens (primary N) is 1. The molecule has 2 nitrogen and oxygen atoms in total. The lowest BCUT2D eigenvalue weighted by atomic mass is 9.66. The van der Waals surface area contributed by atoms with Crippen molar-refractivity contribution in [2.75, 3.05) is 13.1 Å². The summed E-state index contributed by atoms with van der Waals surface area (Å²) in [5, 5.41) is 4.48. The Bertz CT molecular complexity index is 360. The van der Waals surface area contributed by atoms with Gasteiger partial charge >= 0.3 is 0 Å². The van der Waals surface area contributed by atoms with Gasteiger partial charge in [0, 0.05) is 12.6 Å². The quantitative estimate of drug-likeness (QED) is 0.819. The first-order chi connectivity index (χ1) is 8.81. The summed E-state index contributed by atoms with van der Waals surface area (Å²) in [6.45, 7) is 3.29. The van der Waals surface area contributed by atoms with Crippen molar-refractivity contribution in [2.24, 2.45) is 11.1 Å². The van der Waals surface area contributed by atoms with Crippen molar-refractivity contribution in [3.63, 3.8) is 0 Å². The van der Waals surface area contributed by atoms with E-state index in [1.165, 1.54) is 50.6 Å². The van der Waals surface area contributed by atoms with Gasteiger partial charge < -0.3 is 5.73 Å². The predicted octanol–water partition coefficient (Wildman–Crippen LogP) is 3.23. The van der Waals surface area contributed by atoms with Crippen LogP contribution in [0.4, 0.5) is 0 Å². The standard InChI is InChI=1S/C15H24N2S/c16-12-15(5-1-6-15)7-8-17(14-2-3-14)10-13-4-9-18-11-13/h4,9,11,14H,1-3,5-8,10,12,16H2. The topological polar surface area (TPSA) is 29.3 Å². The molecule has 0 radical (unpaired) electrons. The average molecular weight is 264 g/mol. The Morgan fingerprint density at radius 2 is 2.22 bits per heavy atom. The van der Waals surface area contributed by atoms with Crippen molar-refractivity contribution < 1.29 is 0 Å². The van der Waals surface area contributed by atoms with Gasteiger partial charge in [0.2, 0.25) is 0 Å². The van der Waals surface area contributed by atoms with Crippen LogP contribution >= 0.6 is 11.3 Å². The van der Waals surface area contributed by atoms with Crippen molar-refractivity contribution >= 4 is 11.3 Å². The van der Waals surface area contributed by atoms with Crippen LogP contribution in [0.15, 0.2) is 16.8 Å². The molecule has 0 spiro atoms. The third kappa shape index (κ3) is 2.79. The van der Waals surface area contributed by atoms with Crippen molar-refractivity contribution in [1.29, 1.82) is 0 Å².